The van der Waals surface area contributed by atoms with Crippen LogP contribution < -0.4 is 4.90 Å². The van der Waals surface area contributed by atoms with Gasteiger partial charge >= 0.3 is 12.3 Å². The molecule has 138 valence electrons. The third-order valence-electron chi connectivity index (χ3n) is 4.43. The molecule has 2 saturated heterocycles. The van der Waals surface area contributed by atoms with Gasteiger partial charge in [0.2, 0.25) is 5.95 Å². The molecule has 0 bridgehead atoms. The molecule has 6 nitrogen and oxygen atoms in total. The molecule has 0 N–H and O–H groups in total. The fourth-order valence-electron chi connectivity index (χ4n) is 3.40. The maximum Gasteiger partial charge on any atom is 0.419 e. The van der Waals surface area contributed by atoms with Crippen LogP contribution in [0.15, 0.2) is 12.4 Å². The van der Waals surface area contributed by atoms with Gasteiger partial charge in [0.05, 0.1) is 17.6 Å². The van der Waals surface area contributed by atoms with Gasteiger partial charge in [-0.15, -0.1) is 0 Å². The van der Waals surface area contributed by atoms with Gasteiger partial charge < -0.3 is 14.5 Å². The molecule has 0 aliphatic carbocycles. The van der Waals surface area contributed by atoms with E-state index in [2.05, 4.69) is 9.97 Å². The Morgan fingerprint density at radius 1 is 1.12 bits per heavy atom. The number of ether oxygens (including phenoxy) is 1. The topological polar surface area (TPSA) is 58.6 Å². The Hall–Kier alpha value is -2.06. The number of halogens is 3. The van der Waals surface area contributed by atoms with Gasteiger partial charge in [0.1, 0.15) is 5.60 Å². The van der Waals surface area contributed by atoms with Crippen LogP contribution in [0.3, 0.4) is 0 Å². The zero-order valence-electron chi connectivity index (χ0n) is 14.4. The summed E-state index contributed by atoms with van der Waals surface area (Å²) in [5, 5.41) is 0. The van der Waals surface area contributed by atoms with Crippen LogP contribution in [0.2, 0.25) is 0 Å². The Morgan fingerprint density at radius 3 is 2.28 bits per heavy atom. The molecule has 1 aromatic heterocycles. The number of hydrogen-bond donors (Lipinski definition) is 0. The second kappa shape index (κ2) is 6.03. The van der Waals surface area contributed by atoms with Crippen LogP contribution in [0.5, 0.6) is 0 Å². The summed E-state index contributed by atoms with van der Waals surface area (Å²) in [5.41, 5.74) is -1.43. The lowest BCUT2D eigenvalue weighted by molar-refractivity contribution is -0.138. The summed E-state index contributed by atoms with van der Waals surface area (Å²) in [6.45, 7) is 6.60. The maximum atomic E-state index is 12.6. The molecular weight excluding hydrogens is 337 g/mol. The normalized spacial score (nSPS) is 23.8. The van der Waals surface area contributed by atoms with Gasteiger partial charge in [-0.05, 0) is 33.6 Å². The highest BCUT2D eigenvalue weighted by Gasteiger charge is 2.46. The summed E-state index contributed by atoms with van der Waals surface area (Å²) >= 11 is 0. The number of carbonyl (C=O) groups is 1. The average molecular weight is 358 g/mol. The number of nitrogens with zero attached hydrogens (tertiary/aromatic N) is 4. The van der Waals surface area contributed by atoms with Gasteiger partial charge in [-0.3, -0.25) is 0 Å². The molecule has 1 aromatic rings. The number of anilines is 1. The molecule has 2 aliphatic heterocycles. The number of amides is 1. The van der Waals surface area contributed by atoms with Crippen molar-refractivity contribution >= 4 is 12.0 Å². The first-order chi connectivity index (χ1) is 11.6. The number of likely N-dealkylation sites (tertiary alicyclic amines) is 1. The van der Waals surface area contributed by atoms with E-state index in [1.54, 1.807) is 4.90 Å². The molecule has 0 spiro atoms. The fraction of sp³-hybridized carbons (Fsp3) is 0.688. The van der Waals surface area contributed by atoms with Crippen molar-refractivity contribution in [3.63, 3.8) is 0 Å². The zero-order chi connectivity index (χ0) is 18.4. The molecule has 0 unspecified atom stereocenters. The lowest BCUT2D eigenvalue weighted by atomic mass is 10.1. The molecule has 1 amide bonds. The van der Waals surface area contributed by atoms with Crippen molar-refractivity contribution < 1.29 is 22.7 Å². The fourth-order valence-corrected chi connectivity index (χ4v) is 3.40. The lowest BCUT2D eigenvalue weighted by Gasteiger charge is -2.28. The van der Waals surface area contributed by atoms with Gasteiger partial charge in [-0.1, -0.05) is 0 Å². The van der Waals surface area contributed by atoms with Crippen molar-refractivity contribution in [2.24, 2.45) is 0 Å². The minimum Gasteiger partial charge on any atom is -0.444 e. The largest absolute Gasteiger partial charge is 0.444 e. The summed E-state index contributed by atoms with van der Waals surface area (Å²) in [5.74, 6) is 0.270. The van der Waals surface area contributed by atoms with Crippen LogP contribution >= 0.6 is 0 Å². The van der Waals surface area contributed by atoms with Crippen LogP contribution in [0, 0.1) is 0 Å². The van der Waals surface area contributed by atoms with Crippen LogP contribution in [-0.2, 0) is 10.9 Å². The molecule has 25 heavy (non-hydrogen) atoms. The zero-order valence-corrected chi connectivity index (χ0v) is 14.4. The maximum absolute atomic E-state index is 12.6. The Morgan fingerprint density at radius 2 is 1.72 bits per heavy atom. The predicted octanol–water partition coefficient (Wildman–Crippen LogP) is 3.08. The third kappa shape index (κ3) is 3.64. The Bertz CT molecular complexity index is 642. The van der Waals surface area contributed by atoms with E-state index < -0.39 is 17.3 Å². The van der Waals surface area contributed by atoms with Crippen LogP contribution in [0.25, 0.3) is 0 Å². The van der Waals surface area contributed by atoms with E-state index >= 15 is 0 Å². The van der Waals surface area contributed by atoms with Crippen molar-refractivity contribution in [1.82, 2.24) is 14.9 Å². The first-order valence-electron chi connectivity index (χ1n) is 8.22. The molecule has 2 fully saturated rings. The first-order valence-corrected chi connectivity index (χ1v) is 8.22. The standard InChI is InChI=1S/C16H21F3N4O2/c1-15(2,3)25-14(24)23-7-5-11-12(23)4-6-22(11)13-20-8-10(9-21-13)16(17,18)19/h8-9,11-12H,4-7H2,1-3H3/t11-,12-/m0/s1. The molecule has 0 aromatic carbocycles. The van der Waals surface area contributed by atoms with E-state index in [-0.39, 0.29) is 24.1 Å². The van der Waals surface area contributed by atoms with Gasteiger partial charge in [0.15, 0.2) is 0 Å². The number of carbonyl (C=O) groups excluding carboxylic acids is 1. The minimum absolute atomic E-state index is 0.00394. The number of aromatic nitrogens is 2. The smallest absolute Gasteiger partial charge is 0.419 e. The summed E-state index contributed by atoms with van der Waals surface area (Å²) in [4.78, 5) is 23.7. The summed E-state index contributed by atoms with van der Waals surface area (Å²) in [7, 11) is 0. The summed E-state index contributed by atoms with van der Waals surface area (Å²) in [6.07, 6.45) is -1.77. The van der Waals surface area contributed by atoms with E-state index in [9.17, 15) is 18.0 Å². The van der Waals surface area contributed by atoms with Crippen LogP contribution in [0.1, 0.15) is 39.2 Å². The highest BCUT2D eigenvalue weighted by molar-refractivity contribution is 5.69. The summed E-state index contributed by atoms with van der Waals surface area (Å²) in [6, 6.07) is -0.0232. The predicted molar refractivity (Wildman–Crippen MR) is 84.1 cm³/mol. The van der Waals surface area contributed by atoms with Gasteiger partial charge in [0.25, 0.3) is 0 Å². The van der Waals surface area contributed by atoms with Crippen molar-refractivity contribution in [3.05, 3.63) is 18.0 Å². The molecule has 9 heteroatoms. The quantitative estimate of drug-likeness (QED) is 0.772. The monoisotopic (exact) mass is 358 g/mol. The van der Waals surface area contributed by atoms with Gasteiger partial charge in [0, 0.05) is 25.5 Å². The van der Waals surface area contributed by atoms with Gasteiger partial charge in [-0.2, -0.15) is 13.2 Å². The van der Waals surface area contributed by atoms with Crippen LogP contribution in [-0.4, -0.2) is 51.7 Å². The van der Waals surface area contributed by atoms with Crippen molar-refractivity contribution in [1.29, 1.82) is 0 Å². The first kappa shape index (κ1) is 17.8. The average Bonchev–Trinajstić information content (AvgIpc) is 3.05. The third-order valence-corrected chi connectivity index (χ3v) is 4.43. The van der Waals surface area contributed by atoms with Crippen LogP contribution in [0.4, 0.5) is 23.9 Å². The second-order valence-electron chi connectivity index (χ2n) is 7.35. The molecule has 3 heterocycles. The van der Waals surface area contributed by atoms with Gasteiger partial charge in [-0.25, -0.2) is 14.8 Å². The Labute approximate surface area is 144 Å². The number of alkyl halides is 3. The van der Waals surface area contributed by atoms with E-state index in [1.807, 2.05) is 25.7 Å². The van der Waals surface area contributed by atoms with E-state index in [0.29, 0.717) is 25.9 Å². The Kier molecular flexibility index (Phi) is 4.28. The SMILES string of the molecule is CC(C)(C)OC(=O)N1CC[C@H]2[C@@H]1CCN2c1ncc(C(F)(F)F)cn1. The van der Waals surface area contributed by atoms with Crippen molar-refractivity contribution in [2.45, 2.75) is 57.5 Å². The molecule has 2 atom stereocenters. The molecule has 2 aliphatic rings. The molecular formula is C16H21F3N4O2. The number of rotatable bonds is 1. The van der Waals surface area contributed by atoms with Crippen molar-refractivity contribution in [3.8, 4) is 0 Å². The van der Waals surface area contributed by atoms with E-state index in [1.165, 1.54) is 0 Å². The number of hydrogen-bond acceptors (Lipinski definition) is 5. The van der Waals surface area contributed by atoms with E-state index in [0.717, 1.165) is 12.4 Å². The second-order valence-corrected chi connectivity index (χ2v) is 7.35. The molecule has 3 rings (SSSR count). The molecule has 0 saturated carbocycles. The summed E-state index contributed by atoms with van der Waals surface area (Å²) < 4.78 is 43.3. The van der Waals surface area contributed by atoms with E-state index in [4.69, 9.17) is 4.74 Å². The highest BCUT2D eigenvalue weighted by atomic mass is 19.4. The Balaban J connectivity index is 1.71. The van der Waals surface area contributed by atoms with Crippen molar-refractivity contribution in [2.75, 3.05) is 18.0 Å². The highest BCUT2D eigenvalue weighted by Crippen LogP contribution is 2.35. The lowest BCUT2D eigenvalue weighted by Crippen LogP contribution is -2.42. The molecule has 0 radical (unpaired) electrons. The minimum atomic E-state index is -4.45. The number of fused-ring (bicyclic) bond motifs is 1.